The van der Waals surface area contributed by atoms with Gasteiger partial charge in [0.15, 0.2) is 0 Å². The van der Waals surface area contributed by atoms with Crippen LogP contribution in [-0.4, -0.2) is 0 Å². The van der Waals surface area contributed by atoms with Gasteiger partial charge in [0.2, 0.25) is 0 Å². The standard InChI is InChI=1S/C66H50/c1-2-49-22-15-16-31-59(49)60-41-39-55(54-26-19-25-53(45-54)50-35-37-52(38-36-50)63(51-23-9-4-10-24-51)43-47-20-7-3-8-21-47)46-56(60)42-48-34-40-62-61-32-17-18-33-64(61)66(65(62)44-48,57-27-11-5-12-28-57)58-29-13-6-14-30-58/h2-41,44-46,63H,1,42-43H2. The topological polar surface area (TPSA) is 0 Å². The lowest BCUT2D eigenvalue weighted by Crippen LogP contribution is -2.28. The van der Waals surface area contributed by atoms with Gasteiger partial charge in [-0.3, -0.25) is 0 Å². The third kappa shape index (κ3) is 7.51. The summed E-state index contributed by atoms with van der Waals surface area (Å²) >= 11 is 0. The van der Waals surface area contributed by atoms with Crippen molar-refractivity contribution >= 4 is 6.08 Å². The third-order valence-electron chi connectivity index (χ3n) is 13.8. The van der Waals surface area contributed by atoms with Crippen LogP contribution in [0.25, 0.3) is 50.6 Å². The molecule has 0 heterocycles. The minimum atomic E-state index is -0.451. The number of rotatable bonds is 12. The molecule has 314 valence electrons. The largest absolute Gasteiger partial charge is 0.0984 e. The Labute approximate surface area is 389 Å². The predicted octanol–water partition coefficient (Wildman–Crippen LogP) is 16.7. The Balaban J connectivity index is 0.984. The minimum Gasteiger partial charge on any atom is -0.0984 e. The van der Waals surface area contributed by atoms with E-state index >= 15 is 0 Å². The first-order chi connectivity index (χ1) is 32.7. The van der Waals surface area contributed by atoms with Crippen LogP contribution in [0.15, 0.2) is 261 Å². The average molecular weight is 843 g/mol. The molecule has 0 spiro atoms. The van der Waals surface area contributed by atoms with Crippen LogP contribution in [-0.2, 0) is 18.3 Å². The van der Waals surface area contributed by atoms with Gasteiger partial charge in [0, 0.05) is 5.92 Å². The minimum absolute atomic E-state index is 0.270. The molecule has 0 nitrogen and oxygen atoms in total. The van der Waals surface area contributed by atoms with Crippen molar-refractivity contribution in [1.82, 2.24) is 0 Å². The van der Waals surface area contributed by atoms with Crippen molar-refractivity contribution < 1.29 is 0 Å². The maximum Gasteiger partial charge on any atom is 0.0713 e. The SMILES string of the molecule is C=Cc1ccccc1-c1ccc(-c2cccc(-c3ccc(C(Cc4ccccc4)c4ccccc4)cc3)c2)cc1Cc1ccc2c(c1)C(c1ccccc1)(c1ccccc1)c1ccccc1-2. The molecule has 0 saturated carbocycles. The van der Waals surface area contributed by atoms with Gasteiger partial charge in [-0.25, -0.2) is 0 Å². The van der Waals surface area contributed by atoms with Crippen molar-refractivity contribution in [2.24, 2.45) is 0 Å². The van der Waals surface area contributed by atoms with Crippen molar-refractivity contribution in [2.75, 3.05) is 0 Å². The molecule has 1 aliphatic rings. The third-order valence-corrected chi connectivity index (χ3v) is 13.8. The van der Waals surface area contributed by atoms with Gasteiger partial charge in [0.1, 0.15) is 0 Å². The molecule has 0 N–H and O–H groups in total. The van der Waals surface area contributed by atoms with E-state index in [0.29, 0.717) is 0 Å². The van der Waals surface area contributed by atoms with E-state index in [1.165, 1.54) is 94.6 Å². The van der Waals surface area contributed by atoms with Crippen LogP contribution in [0.4, 0.5) is 0 Å². The molecular weight excluding hydrogens is 793 g/mol. The summed E-state index contributed by atoms with van der Waals surface area (Å²) in [7, 11) is 0. The molecule has 0 aromatic heterocycles. The van der Waals surface area contributed by atoms with Gasteiger partial charge in [-0.2, -0.15) is 0 Å². The van der Waals surface area contributed by atoms with Gasteiger partial charge >= 0.3 is 0 Å². The fraction of sp³-hybridized carbons (Fsp3) is 0.0606. The maximum atomic E-state index is 4.22. The highest BCUT2D eigenvalue weighted by Gasteiger charge is 2.46. The zero-order valence-electron chi connectivity index (χ0n) is 37.0. The highest BCUT2D eigenvalue weighted by Crippen LogP contribution is 2.56. The maximum absolute atomic E-state index is 4.22. The van der Waals surface area contributed by atoms with Crippen LogP contribution < -0.4 is 0 Å². The fourth-order valence-electron chi connectivity index (χ4n) is 10.7. The molecule has 0 heteroatoms. The Morgan fingerprint density at radius 2 is 0.894 bits per heavy atom. The molecular formula is C66H50. The first kappa shape index (κ1) is 40.7. The highest BCUT2D eigenvalue weighted by atomic mass is 14.5. The van der Waals surface area contributed by atoms with Crippen molar-refractivity contribution in [1.29, 1.82) is 0 Å². The van der Waals surface area contributed by atoms with Gasteiger partial charge in [0.05, 0.1) is 5.41 Å². The summed E-state index contributed by atoms with van der Waals surface area (Å²) in [5.74, 6) is 0.270. The van der Waals surface area contributed by atoms with E-state index in [9.17, 15) is 0 Å². The number of hydrogen-bond acceptors (Lipinski definition) is 0. The Bertz CT molecular complexity index is 3250. The highest BCUT2D eigenvalue weighted by molar-refractivity contribution is 5.87. The monoisotopic (exact) mass is 842 g/mol. The lowest BCUT2D eigenvalue weighted by molar-refractivity contribution is 0.767. The second kappa shape index (κ2) is 17.8. The average Bonchev–Trinajstić information content (AvgIpc) is 3.69. The summed E-state index contributed by atoms with van der Waals surface area (Å²) in [6.45, 7) is 4.22. The van der Waals surface area contributed by atoms with Crippen molar-refractivity contribution in [3.05, 3.63) is 317 Å². The first-order valence-electron chi connectivity index (χ1n) is 23.2. The molecule has 0 aliphatic heterocycles. The Morgan fingerprint density at radius 1 is 0.364 bits per heavy atom. The zero-order chi connectivity index (χ0) is 44.3. The van der Waals surface area contributed by atoms with Crippen LogP contribution in [0.2, 0.25) is 0 Å². The van der Waals surface area contributed by atoms with Crippen LogP contribution >= 0.6 is 0 Å². The summed E-state index contributed by atoms with van der Waals surface area (Å²) in [4.78, 5) is 0. The molecule has 0 amide bonds. The van der Waals surface area contributed by atoms with E-state index in [2.05, 4.69) is 261 Å². The van der Waals surface area contributed by atoms with Crippen molar-refractivity contribution in [3.8, 4) is 44.5 Å². The van der Waals surface area contributed by atoms with E-state index in [1.54, 1.807) is 0 Å². The quantitative estimate of drug-likeness (QED) is 0.115. The van der Waals surface area contributed by atoms with Gasteiger partial charge in [-0.15, -0.1) is 0 Å². The van der Waals surface area contributed by atoms with Gasteiger partial charge < -0.3 is 0 Å². The second-order valence-corrected chi connectivity index (χ2v) is 17.6. The van der Waals surface area contributed by atoms with Crippen molar-refractivity contribution in [3.63, 3.8) is 0 Å². The molecule has 0 saturated heterocycles. The van der Waals surface area contributed by atoms with E-state index in [1.807, 2.05) is 6.08 Å². The Morgan fingerprint density at radius 3 is 1.59 bits per heavy atom. The number of fused-ring (bicyclic) bond motifs is 3. The van der Waals surface area contributed by atoms with E-state index < -0.39 is 5.41 Å². The first-order valence-corrected chi connectivity index (χ1v) is 23.2. The molecule has 1 atom stereocenters. The Kier molecular flexibility index (Phi) is 11.0. The normalized spacial score (nSPS) is 12.8. The van der Waals surface area contributed by atoms with E-state index in [-0.39, 0.29) is 5.92 Å². The van der Waals surface area contributed by atoms with Gasteiger partial charge in [-0.1, -0.05) is 261 Å². The van der Waals surface area contributed by atoms with Crippen LogP contribution in [0.3, 0.4) is 0 Å². The molecule has 0 bridgehead atoms. The van der Waals surface area contributed by atoms with Crippen LogP contribution in [0.1, 0.15) is 61.6 Å². The van der Waals surface area contributed by atoms with E-state index in [4.69, 9.17) is 0 Å². The lowest BCUT2D eigenvalue weighted by atomic mass is 9.67. The van der Waals surface area contributed by atoms with Crippen molar-refractivity contribution in [2.45, 2.75) is 24.2 Å². The predicted molar refractivity (Wildman–Crippen MR) is 278 cm³/mol. The van der Waals surface area contributed by atoms with Crippen LogP contribution in [0.5, 0.6) is 0 Å². The Hall–Kier alpha value is -8.06. The molecule has 0 fully saturated rings. The second-order valence-electron chi connectivity index (χ2n) is 17.6. The summed E-state index contributed by atoms with van der Waals surface area (Å²) in [6.07, 6.45) is 3.70. The molecule has 10 aromatic carbocycles. The fourth-order valence-corrected chi connectivity index (χ4v) is 10.7. The zero-order valence-corrected chi connectivity index (χ0v) is 37.0. The summed E-state index contributed by atoms with van der Waals surface area (Å²) in [5.41, 5.74) is 22.3. The number of benzene rings is 10. The number of hydrogen-bond donors (Lipinski definition) is 0. The lowest BCUT2D eigenvalue weighted by Gasteiger charge is -2.34. The molecule has 10 aromatic rings. The molecule has 1 aliphatic carbocycles. The van der Waals surface area contributed by atoms with Crippen LogP contribution in [0, 0.1) is 0 Å². The smallest absolute Gasteiger partial charge is 0.0713 e. The van der Waals surface area contributed by atoms with Gasteiger partial charge in [0.25, 0.3) is 0 Å². The molecule has 1 unspecified atom stereocenters. The summed E-state index contributed by atoms with van der Waals surface area (Å²) in [5, 5.41) is 0. The van der Waals surface area contributed by atoms with E-state index in [0.717, 1.165) is 18.4 Å². The molecule has 66 heavy (non-hydrogen) atoms. The molecule has 0 radical (unpaired) electrons. The van der Waals surface area contributed by atoms with Gasteiger partial charge in [-0.05, 0) is 119 Å². The summed E-state index contributed by atoms with van der Waals surface area (Å²) < 4.78 is 0. The summed E-state index contributed by atoms with van der Waals surface area (Å²) in [6, 6.07) is 94.1. The molecule has 11 rings (SSSR count).